The molecule has 0 bridgehead atoms. The van der Waals surface area contributed by atoms with Crippen molar-refractivity contribution in [2.75, 3.05) is 0 Å². The fraction of sp³-hybridized carbons (Fsp3) is 0.862. The monoisotopic (exact) mass is 418 g/mol. The van der Waals surface area contributed by atoms with Crippen LogP contribution < -0.4 is 0 Å². The van der Waals surface area contributed by atoms with E-state index in [9.17, 15) is 5.11 Å². The minimum atomic E-state index is 0.00264. The topological polar surface area (TPSA) is 20.2 Å². The largest absolute Gasteiger partial charge is 0.393 e. The van der Waals surface area contributed by atoms with Gasteiger partial charge >= 0.3 is 0 Å². The van der Waals surface area contributed by atoms with Gasteiger partial charge < -0.3 is 5.11 Å². The molecule has 2 fully saturated rings. The Kier molecular flexibility index (Phi) is 14.0. The zero-order valence-electron chi connectivity index (χ0n) is 21.4. The highest BCUT2D eigenvalue weighted by Gasteiger charge is 2.29. The Balaban J connectivity index is 0.000000479. The maximum atomic E-state index is 9.66. The van der Waals surface area contributed by atoms with E-state index in [4.69, 9.17) is 0 Å². The Bertz CT molecular complexity index is 447. The molecule has 2 saturated carbocycles. The molecule has 1 atom stereocenters. The van der Waals surface area contributed by atoms with E-state index in [2.05, 4.69) is 72.8 Å². The molecule has 0 radical (unpaired) electrons. The van der Waals surface area contributed by atoms with Gasteiger partial charge in [-0.25, -0.2) is 0 Å². The third kappa shape index (κ3) is 13.0. The molecular formula is C29H54O. The molecule has 2 aliphatic carbocycles. The zero-order valence-corrected chi connectivity index (χ0v) is 21.4. The summed E-state index contributed by atoms with van der Waals surface area (Å²) in [4.78, 5) is 0. The second kappa shape index (κ2) is 15.3. The van der Waals surface area contributed by atoms with E-state index in [-0.39, 0.29) is 6.10 Å². The van der Waals surface area contributed by atoms with Gasteiger partial charge in [-0.15, -0.1) is 0 Å². The normalized spacial score (nSPS) is 29.0. The summed E-state index contributed by atoms with van der Waals surface area (Å²) in [7, 11) is 0. The fourth-order valence-corrected chi connectivity index (χ4v) is 4.87. The van der Waals surface area contributed by atoms with Crippen molar-refractivity contribution in [3.8, 4) is 0 Å². The van der Waals surface area contributed by atoms with Crippen LogP contribution in [0.1, 0.15) is 113 Å². The van der Waals surface area contributed by atoms with E-state index >= 15 is 0 Å². The Morgan fingerprint density at radius 1 is 0.633 bits per heavy atom. The van der Waals surface area contributed by atoms with Gasteiger partial charge in [0.25, 0.3) is 0 Å². The summed E-state index contributed by atoms with van der Waals surface area (Å²) < 4.78 is 0. The molecule has 1 nitrogen and oxygen atoms in total. The molecule has 2 rings (SSSR count). The Hall–Kier alpha value is -0.560. The van der Waals surface area contributed by atoms with E-state index in [1.807, 2.05) is 0 Å². The number of aliphatic hydroxyl groups excluding tert-OH is 1. The predicted molar refractivity (Wildman–Crippen MR) is 135 cm³/mol. The molecule has 0 saturated heterocycles. The minimum Gasteiger partial charge on any atom is -0.393 e. The van der Waals surface area contributed by atoms with Gasteiger partial charge in [-0.1, -0.05) is 79.2 Å². The molecule has 0 aromatic carbocycles. The molecule has 0 aromatic rings. The van der Waals surface area contributed by atoms with E-state index in [1.165, 1.54) is 51.4 Å². The lowest BCUT2D eigenvalue weighted by molar-refractivity contribution is 0.0793. The first-order valence-corrected chi connectivity index (χ1v) is 13.2. The van der Waals surface area contributed by atoms with Crippen LogP contribution in [0.5, 0.6) is 0 Å². The van der Waals surface area contributed by atoms with Crippen molar-refractivity contribution >= 4 is 0 Å². The van der Waals surface area contributed by atoms with E-state index in [0.717, 1.165) is 42.4 Å². The summed E-state index contributed by atoms with van der Waals surface area (Å²) in [5.41, 5.74) is 0. The van der Waals surface area contributed by atoms with Gasteiger partial charge in [0, 0.05) is 0 Å². The molecule has 176 valence electrons. The lowest BCUT2D eigenvalue weighted by Crippen LogP contribution is -2.27. The van der Waals surface area contributed by atoms with Crippen molar-refractivity contribution in [3.63, 3.8) is 0 Å². The number of hydrogen-bond donors (Lipinski definition) is 1. The van der Waals surface area contributed by atoms with Gasteiger partial charge in [-0.05, 0) is 99.2 Å². The first kappa shape index (κ1) is 27.5. The summed E-state index contributed by atoms with van der Waals surface area (Å²) in [6.07, 6.45) is 22.5. The molecule has 0 heterocycles. The van der Waals surface area contributed by atoms with Gasteiger partial charge in [0.2, 0.25) is 0 Å². The van der Waals surface area contributed by atoms with Crippen molar-refractivity contribution < 1.29 is 5.11 Å². The van der Waals surface area contributed by atoms with Crippen molar-refractivity contribution in [1.82, 2.24) is 0 Å². The lowest BCUT2D eigenvalue weighted by atomic mass is 9.70. The van der Waals surface area contributed by atoms with Crippen LogP contribution in [0.25, 0.3) is 0 Å². The number of rotatable bonds is 8. The quantitative estimate of drug-likeness (QED) is 0.390. The minimum absolute atomic E-state index is 0.00264. The number of hydrogen-bond acceptors (Lipinski definition) is 1. The molecule has 0 aromatic heterocycles. The second-order valence-corrected chi connectivity index (χ2v) is 11.4. The van der Waals surface area contributed by atoms with Crippen molar-refractivity contribution in [2.24, 2.45) is 41.4 Å². The first-order valence-electron chi connectivity index (χ1n) is 13.2. The molecule has 0 aliphatic heterocycles. The first-order chi connectivity index (χ1) is 14.2. The summed E-state index contributed by atoms with van der Waals surface area (Å²) in [6, 6.07) is 0. The predicted octanol–water partition coefficient (Wildman–Crippen LogP) is 8.83. The molecule has 1 unspecified atom stereocenters. The third-order valence-electron chi connectivity index (χ3n) is 7.02. The van der Waals surface area contributed by atoms with Gasteiger partial charge in [0.05, 0.1) is 6.10 Å². The molecule has 1 N–H and O–H groups in total. The standard InChI is InChI=1S/C21H38O.C8H16/c1-16(2)4-5-17(3)6-7-18-8-10-19(11-9-18)20-12-14-21(22)15-13-20;1-7(2)5-6-8(3)4/h6-7,16-22H,4-5,8-15H2,1-3H3;5-8H,1-4H3/b7-6+;6-5-. The van der Waals surface area contributed by atoms with E-state index in [1.54, 1.807) is 0 Å². The summed E-state index contributed by atoms with van der Waals surface area (Å²) in [5.74, 6) is 5.70. The van der Waals surface area contributed by atoms with Crippen molar-refractivity contribution in [1.29, 1.82) is 0 Å². The Morgan fingerprint density at radius 3 is 1.53 bits per heavy atom. The van der Waals surface area contributed by atoms with E-state index in [0.29, 0.717) is 11.8 Å². The van der Waals surface area contributed by atoms with Crippen molar-refractivity contribution in [3.05, 3.63) is 24.3 Å². The van der Waals surface area contributed by atoms with Crippen LogP contribution in [0.3, 0.4) is 0 Å². The molecular weight excluding hydrogens is 364 g/mol. The Labute approximate surface area is 189 Å². The molecule has 2 aliphatic rings. The molecule has 0 spiro atoms. The van der Waals surface area contributed by atoms with Crippen LogP contribution in [-0.4, -0.2) is 11.2 Å². The average molecular weight is 419 g/mol. The summed E-state index contributed by atoms with van der Waals surface area (Å²) in [5, 5.41) is 9.66. The lowest BCUT2D eigenvalue weighted by Gasteiger charge is -2.36. The van der Waals surface area contributed by atoms with Gasteiger partial charge in [-0.2, -0.15) is 0 Å². The van der Waals surface area contributed by atoms with Crippen molar-refractivity contribution in [2.45, 2.75) is 119 Å². The zero-order chi connectivity index (χ0) is 22.5. The smallest absolute Gasteiger partial charge is 0.0540 e. The molecule has 0 amide bonds. The number of allylic oxidation sites excluding steroid dienone is 4. The second-order valence-electron chi connectivity index (χ2n) is 11.4. The van der Waals surface area contributed by atoms with Crippen LogP contribution in [0, 0.1) is 41.4 Å². The number of aliphatic hydroxyl groups is 1. The van der Waals surface area contributed by atoms with Crippen LogP contribution in [0.15, 0.2) is 24.3 Å². The van der Waals surface area contributed by atoms with Gasteiger partial charge in [0.1, 0.15) is 0 Å². The van der Waals surface area contributed by atoms with Gasteiger partial charge in [-0.3, -0.25) is 0 Å². The highest BCUT2D eigenvalue weighted by Crippen LogP contribution is 2.40. The van der Waals surface area contributed by atoms with Gasteiger partial charge in [0.15, 0.2) is 0 Å². The van der Waals surface area contributed by atoms with Crippen LogP contribution >= 0.6 is 0 Å². The highest BCUT2D eigenvalue weighted by atomic mass is 16.3. The van der Waals surface area contributed by atoms with Crippen LogP contribution in [-0.2, 0) is 0 Å². The SMILES string of the molecule is CC(C)/C=C\C(C)C.CC(C)CCC(C)/C=C/C1CCC(C2CCC(O)CC2)CC1. The highest BCUT2D eigenvalue weighted by molar-refractivity contribution is 4.94. The molecule has 30 heavy (non-hydrogen) atoms. The summed E-state index contributed by atoms with van der Waals surface area (Å²) >= 11 is 0. The van der Waals surface area contributed by atoms with Crippen LogP contribution in [0.2, 0.25) is 0 Å². The Morgan fingerprint density at radius 2 is 1.10 bits per heavy atom. The third-order valence-corrected chi connectivity index (χ3v) is 7.02. The maximum Gasteiger partial charge on any atom is 0.0540 e. The van der Waals surface area contributed by atoms with Crippen LogP contribution in [0.4, 0.5) is 0 Å². The fourth-order valence-electron chi connectivity index (χ4n) is 4.87. The molecule has 1 heteroatoms. The maximum absolute atomic E-state index is 9.66. The van der Waals surface area contributed by atoms with E-state index < -0.39 is 0 Å². The average Bonchev–Trinajstić information content (AvgIpc) is 2.70. The summed E-state index contributed by atoms with van der Waals surface area (Å²) in [6.45, 7) is 15.8.